The standard InChI is InChI=1S/C22H22F3N3O2S/c1-4-12-28(14(3)19(29)26-15-8-6-5-7-9-15)21(30)18-13(2)16-10-11-17(22(23,24)25)27-20(16)31-18/h5-11,14H,4,12H2,1-3H3,(H,26,29). The second kappa shape index (κ2) is 9.05. The molecule has 164 valence electrons. The molecule has 31 heavy (non-hydrogen) atoms. The number of nitrogens with zero attached hydrogens (tertiary/aromatic N) is 2. The fourth-order valence-electron chi connectivity index (χ4n) is 3.21. The van der Waals surface area contributed by atoms with Crippen molar-refractivity contribution in [2.24, 2.45) is 0 Å². The number of anilines is 1. The van der Waals surface area contributed by atoms with Crippen molar-refractivity contribution in [1.29, 1.82) is 0 Å². The molecule has 0 fully saturated rings. The first-order chi connectivity index (χ1) is 14.6. The highest BCUT2D eigenvalue weighted by Gasteiger charge is 2.34. The van der Waals surface area contributed by atoms with Gasteiger partial charge in [0.2, 0.25) is 5.91 Å². The van der Waals surface area contributed by atoms with E-state index < -0.39 is 23.8 Å². The van der Waals surface area contributed by atoms with Crippen molar-refractivity contribution in [3.8, 4) is 0 Å². The normalized spacial score (nSPS) is 12.6. The van der Waals surface area contributed by atoms with Crippen LogP contribution in [-0.4, -0.2) is 34.3 Å². The number of halogens is 3. The zero-order valence-electron chi connectivity index (χ0n) is 17.3. The molecule has 1 aromatic carbocycles. The molecule has 0 bridgehead atoms. The lowest BCUT2D eigenvalue weighted by Gasteiger charge is -2.28. The molecule has 0 aliphatic rings. The second-order valence-corrected chi connectivity index (χ2v) is 8.13. The number of hydrogen-bond donors (Lipinski definition) is 1. The Morgan fingerprint density at radius 3 is 2.45 bits per heavy atom. The van der Waals surface area contributed by atoms with Gasteiger partial charge in [0, 0.05) is 17.6 Å². The smallest absolute Gasteiger partial charge is 0.326 e. The zero-order chi connectivity index (χ0) is 22.8. The molecule has 0 saturated carbocycles. The molecular formula is C22H22F3N3O2S. The molecule has 3 aromatic rings. The molecule has 1 N–H and O–H groups in total. The number of hydrogen-bond acceptors (Lipinski definition) is 4. The van der Waals surface area contributed by atoms with E-state index in [1.165, 1.54) is 11.0 Å². The molecule has 5 nitrogen and oxygen atoms in total. The number of para-hydroxylation sites is 1. The summed E-state index contributed by atoms with van der Waals surface area (Å²) < 4.78 is 39.0. The quantitative estimate of drug-likeness (QED) is 0.540. The maximum Gasteiger partial charge on any atom is 0.433 e. The molecule has 0 saturated heterocycles. The van der Waals surface area contributed by atoms with Crippen molar-refractivity contribution < 1.29 is 22.8 Å². The number of benzene rings is 1. The van der Waals surface area contributed by atoms with Crippen molar-refractivity contribution in [3.05, 3.63) is 58.6 Å². The lowest BCUT2D eigenvalue weighted by atomic mass is 10.1. The predicted molar refractivity (Wildman–Crippen MR) is 115 cm³/mol. The van der Waals surface area contributed by atoms with Gasteiger partial charge in [-0.2, -0.15) is 13.2 Å². The molecule has 3 rings (SSSR count). The Morgan fingerprint density at radius 2 is 1.84 bits per heavy atom. The van der Waals surface area contributed by atoms with Crippen molar-refractivity contribution in [2.45, 2.75) is 39.4 Å². The Labute approximate surface area is 181 Å². The monoisotopic (exact) mass is 449 g/mol. The minimum Gasteiger partial charge on any atom is -0.326 e. The van der Waals surface area contributed by atoms with Gasteiger partial charge in [-0.05, 0) is 50.1 Å². The summed E-state index contributed by atoms with van der Waals surface area (Å²) >= 11 is 0.916. The van der Waals surface area contributed by atoms with Crippen molar-refractivity contribution in [3.63, 3.8) is 0 Å². The van der Waals surface area contributed by atoms with E-state index in [-0.39, 0.29) is 15.6 Å². The number of aromatic nitrogens is 1. The van der Waals surface area contributed by atoms with Gasteiger partial charge in [-0.25, -0.2) is 4.98 Å². The van der Waals surface area contributed by atoms with Gasteiger partial charge in [-0.15, -0.1) is 11.3 Å². The summed E-state index contributed by atoms with van der Waals surface area (Å²) in [4.78, 5) is 31.6. The molecule has 0 aliphatic carbocycles. The molecule has 0 radical (unpaired) electrons. The zero-order valence-corrected chi connectivity index (χ0v) is 18.1. The number of carbonyl (C=O) groups excluding carboxylic acids is 2. The maximum absolute atomic E-state index is 13.3. The summed E-state index contributed by atoms with van der Waals surface area (Å²) in [6, 6.07) is 10.4. The number of aryl methyl sites for hydroxylation is 1. The summed E-state index contributed by atoms with van der Waals surface area (Å²) in [5.41, 5.74) is 0.175. The third kappa shape index (κ3) is 4.87. The summed E-state index contributed by atoms with van der Waals surface area (Å²) in [5.74, 6) is -0.740. The summed E-state index contributed by atoms with van der Waals surface area (Å²) in [7, 11) is 0. The van der Waals surface area contributed by atoms with E-state index in [2.05, 4.69) is 10.3 Å². The Bertz CT molecular complexity index is 1100. The van der Waals surface area contributed by atoms with Crippen molar-refractivity contribution >= 4 is 39.1 Å². The Balaban J connectivity index is 1.91. The number of fused-ring (bicyclic) bond motifs is 1. The van der Waals surface area contributed by atoms with E-state index in [4.69, 9.17) is 0 Å². The van der Waals surface area contributed by atoms with Crippen LogP contribution in [-0.2, 0) is 11.0 Å². The fourth-order valence-corrected chi connectivity index (χ4v) is 4.35. The van der Waals surface area contributed by atoms with E-state index in [9.17, 15) is 22.8 Å². The van der Waals surface area contributed by atoms with Crippen LogP contribution in [0.4, 0.5) is 18.9 Å². The first-order valence-corrected chi connectivity index (χ1v) is 10.6. The Kier molecular flexibility index (Phi) is 6.64. The van der Waals surface area contributed by atoms with Gasteiger partial charge in [0.05, 0.1) is 4.88 Å². The molecule has 2 aromatic heterocycles. The van der Waals surface area contributed by atoms with Gasteiger partial charge in [0.15, 0.2) is 0 Å². The van der Waals surface area contributed by atoms with E-state index in [0.29, 0.717) is 29.6 Å². The average Bonchev–Trinajstić information content (AvgIpc) is 3.07. The molecule has 9 heteroatoms. The third-order valence-electron chi connectivity index (χ3n) is 4.90. The highest BCUT2D eigenvalue weighted by atomic mass is 32.1. The van der Waals surface area contributed by atoms with Crippen LogP contribution >= 0.6 is 11.3 Å². The summed E-state index contributed by atoms with van der Waals surface area (Å²) in [5, 5.41) is 3.28. The molecule has 0 spiro atoms. The SMILES string of the molecule is CCCN(C(=O)c1sc2nc(C(F)(F)F)ccc2c1C)C(C)C(=O)Nc1ccccc1. The van der Waals surface area contributed by atoms with Crippen LogP contribution in [0.2, 0.25) is 0 Å². The lowest BCUT2D eigenvalue weighted by molar-refractivity contribution is -0.140. The van der Waals surface area contributed by atoms with Crippen molar-refractivity contribution in [2.75, 3.05) is 11.9 Å². The van der Waals surface area contributed by atoms with E-state index in [1.807, 2.05) is 13.0 Å². The topological polar surface area (TPSA) is 62.3 Å². The van der Waals surface area contributed by atoms with Crippen LogP contribution in [0.5, 0.6) is 0 Å². The highest BCUT2D eigenvalue weighted by Crippen LogP contribution is 2.35. The van der Waals surface area contributed by atoms with Crippen LogP contribution in [0.3, 0.4) is 0 Å². The maximum atomic E-state index is 13.3. The van der Waals surface area contributed by atoms with Crippen LogP contribution in [0.25, 0.3) is 10.2 Å². The van der Waals surface area contributed by atoms with Gasteiger partial charge in [0.1, 0.15) is 16.6 Å². The molecule has 1 unspecified atom stereocenters. The number of thiophene rings is 1. The molecule has 0 aliphatic heterocycles. The van der Waals surface area contributed by atoms with E-state index >= 15 is 0 Å². The fraction of sp³-hybridized carbons (Fsp3) is 0.318. The minimum atomic E-state index is -4.56. The largest absolute Gasteiger partial charge is 0.433 e. The highest BCUT2D eigenvalue weighted by molar-refractivity contribution is 7.20. The van der Waals surface area contributed by atoms with Crippen molar-refractivity contribution in [1.82, 2.24) is 9.88 Å². The number of pyridine rings is 1. The van der Waals surface area contributed by atoms with Gasteiger partial charge < -0.3 is 10.2 Å². The van der Waals surface area contributed by atoms with E-state index in [1.54, 1.807) is 38.1 Å². The number of carbonyl (C=O) groups is 2. The number of amides is 2. The molecule has 2 amide bonds. The number of rotatable bonds is 6. The number of alkyl halides is 3. The van der Waals surface area contributed by atoms with Crippen LogP contribution in [0.15, 0.2) is 42.5 Å². The molecular weight excluding hydrogens is 427 g/mol. The van der Waals surface area contributed by atoms with Crippen LogP contribution in [0.1, 0.15) is 41.2 Å². The molecule has 1 atom stereocenters. The first kappa shape index (κ1) is 22.7. The predicted octanol–water partition coefficient (Wildman–Crippen LogP) is 5.50. The minimum absolute atomic E-state index is 0.147. The molecule has 2 heterocycles. The van der Waals surface area contributed by atoms with Gasteiger partial charge in [-0.3, -0.25) is 9.59 Å². The Morgan fingerprint density at radius 1 is 1.16 bits per heavy atom. The Hall–Kier alpha value is -2.94. The van der Waals surface area contributed by atoms with Crippen LogP contribution in [0, 0.1) is 6.92 Å². The second-order valence-electron chi connectivity index (χ2n) is 7.13. The first-order valence-electron chi connectivity index (χ1n) is 9.77. The summed E-state index contributed by atoms with van der Waals surface area (Å²) in [6.45, 7) is 5.53. The van der Waals surface area contributed by atoms with Crippen LogP contribution < -0.4 is 5.32 Å². The van der Waals surface area contributed by atoms with Gasteiger partial charge in [-0.1, -0.05) is 25.1 Å². The van der Waals surface area contributed by atoms with Gasteiger partial charge in [0.25, 0.3) is 5.91 Å². The lowest BCUT2D eigenvalue weighted by Crippen LogP contribution is -2.46. The average molecular weight is 449 g/mol. The van der Waals surface area contributed by atoms with E-state index in [0.717, 1.165) is 17.4 Å². The third-order valence-corrected chi connectivity index (χ3v) is 6.09. The summed E-state index contributed by atoms with van der Waals surface area (Å²) in [6.07, 6.45) is -3.94. The number of nitrogens with one attached hydrogen (secondary N) is 1. The van der Waals surface area contributed by atoms with Gasteiger partial charge >= 0.3 is 6.18 Å².